The Kier molecular flexibility index (Phi) is 7.51. The second-order valence-electron chi connectivity index (χ2n) is 9.32. The predicted molar refractivity (Wildman–Crippen MR) is 128 cm³/mol. The van der Waals surface area contributed by atoms with Gasteiger partial charge >= 0.3 is 0 Å². The van der Waals surface area contributed by atoms with Crippen LogP contribution in [-0.2, 0) is 10.0 Å². The van der Waals surface area contributed by atoms with E-state index in [0.29, 0.717) is 18.7 Å². The molecule has 1 aliphatic carbocycles. The molecule has 7 heteroatoms. The van der Waals surface area contributed by atoms with Gasteiger partial charge in [0.15, 0.2) is 0 Å². The minimum Gasteiger partial charge on any atom is -0.388 e. The number of carbonyl (C=O) groups excluding carboxylic acids is 1. The molecule has 1 aliphatic heterocycles. The van der Waals surface area contributed by atoms with Gasteiger partial charge in [0.05, 0.1) is 11.0 Å². The Morgan fingerprint density at radius 3 is 2.15 bits per heavy atom. The molecule has 1 atom stereocenters. The summed E-state index contributed by atoms with van der Waals surface area (Å²) in [5.41, 5.74) is 1.41. The van der Waals surface area contributed by atoms with Crippen LogP contribution < -0.4 is 0 Å². The first-order valence-corrected chi connectivity index (χ1v) is 13.4. The van der Waals surface area contributed by atoms with E-state index in [2.05, 4.69) is 0 Å². The lowest BCUT2D eigenvalue weighted by Crippen LogP contribution is -2.40. The Labute approximate surface area is 197 Å². The van der Waals surface area contributed by atoms with Gasteiger partial charge in [0, 0.05) is 31.7 Å². The minimum absolute atomic E-state index is 0.0533. The maximum absolute atomic E-state index is 13.0. The fourth-order valence-corrected chi connectivity index (χ4v) is 6.52. The molecular formula is C26H34N2O4S. The van der Waals surface area contributed by atoms with Crippen molar-refractivity contribution in [2.75, 3.05) is 20.1 Å². The molecular weight excluding hydrogens is 436 g/mol. The van der Waals surface area contributed by atoms with Gasteiger partial charge in [-0.3, -0.25) is 4.79 Å². The lowest BCUT2D eigenvalue weighted by molar-refractivity contribution is 0.0462. The van der Waals surface area contributed by atoms with Crippen molar-refractivity contribution in [1.29, 1.82) is 0 Å². The molecule has 33 heavy (non-hydrogen) atoms. The van der Waals surface area contributed by atoms with Crippen LogP contribution in [0, 0.1) is 5.92 Å². The second kappa shape index (κ2) is 10.4. The first-order chi connectivity index (χ1) is 15.9. The number of nitrogens with zero attached hydrogens (tertiary/aromatic N) is 2. The van der Waals surface area contributed by atoms with Gasteiger partial charge < -0.3 is 10.0 Å². The van der Waals surface area contributed by atoms with Crippen molar-refractivity contribution < 1.29 is 18.3 Å². The molecule has 2 aliphatic rings. The van der Waals surface area contributed by atoms with E-state index in [1.54, 1.807) is 36.2 Å². The predicted octanol–water partition coefficient (Wildman–Crippen LogP) is 4.23. The highest BCUT2D eigenvalue weighted by Crippen LogP contribution is 2.31. The average molecular weight is 471 g/mol. The number of sulfonamides is 1. The molecule has 0 radical (unpaired) electrons. The third kappa shape index (κ3) is 5.31. The second-order valence-corrected chi connectivity index (χ2v) is 11.3. The number of benzene rings is 2. The zero-order valence-corrected chi connectivity index (χ0v) is 20.1. The highest BCUT2D eigenvalue weighted by atomic mass is 32.2. The van der Waals surface area contributed by atoms with Gasteiger partial charge in [0.2, 0.25) is 10.0 Å². The zero-order valence-electron chi connectivity index (χ0n) is 19.3. The summed E-state index contributed by atoms with van der Waals surface area (Å²) in [5, 5.41) is 10.7. The molecule has 2 fully saturated rings. The zero-order chi connectivity index (χ0) is 23.4. The van der Waals surface area contributed by atoms with Gasteiger partial charge in [0.1, 0.15) is 0 Å². The van der Waals surface area contributed by atoms with E-state index < -0.39 is 16.1 Å². The molecule has 1 amide bonds. The summed E-state index contributed by atoms with van der Waals surface area (Å²) in [5.74, 6) is 0.0338. The summed E-state index contributed by atoms with van der Waals surface area (Å²) >= 11 is 0. The summed E-state index contributed by atoms with van der Waals surface area (Å²) in [6.45, 7) is 1.16. The average Bonchev–Trinajstić information content (AvgIpc) is 2.88. The van der Waals surface area contributed by atoms with E-state index >= 15 is 0 Å². The molecule has 0 aromatic heterocycles. The van der Waals surface area contributed by atoms with Crippen LogP contribution >= 0.6 is 0 Å². The molecule has 6 nitrogen and oxygen atoms in total. The van der Waals surface area contributed by atoms with E-state index in [-0.39, 0.29) is 22.8 Å². The third-order valence-corrected chi connectivity index (χ3v) is 9.21. The number of carbonyl (C=O) groups is 1. The van der Waals surface area contributed by atoms with E-state index in [1.807, 2.05) is 30.3 Å². The van der Waals surface area contributed by atoms with Gasteiger partial charge in [-0.05, 0) is 61.4 Å². The van der Waals surface area contributed by atoms with E-state index in [1.165, 1.54) is 10.7 Å². The van der Waals surface area contributed by atoms with Crippen molar-refractivity contribution in [3.05, 3.63) is 65.7 Å². The molecule has 4 rings (SSSR count). The van der Waals surface area contributed by atoms with Crippen LogP contribution in [0.25, 0.3) is 0 Å². The first-order valence-electron chi connectivity index (χ1n) is 12.0. The summed E-state index contributed by atoms with van der Waals surface area (Å²) in [7, 11) is -1.90. The molecule has 1 saturated heterocycles. The largest absolute Gasteiger partial charge is 0.388 e. The third-order valence-electron chi connectivity index (χ3n) is 7.28. The molecule has 1 saturated carbocycles. The van der Waals surface area contributed by atoms with Crippen LogP contribution in [0.4, 0.5) is 0 Å². The highest BCUT2D eigenvalue weighted by molar-refractivity contribution is 7.89. The normalized spacial score (nSPS) is 19.5. The standard InChI is InChI=1S/C26H34N2O4S/c1-27(23-10-6-3-7-11-23)33(31,32)24-14-12-22(13-15-24)26(30)28-18-16-21(17-19-28)25(29)20-8-4-2-5-9-20/h2,4-5,8-9,12-15,21,23,25,29H,3,6-7,10-11,16-19H2,1H3. The lowest BCUT2D eigenvalue weighted by atomic mass is 9.87. The van der Waals surface area contributed by atoms with Crippen molar-refractivity contribution in [2.45, 2.75) is 62.0 Å². The molecule has 1 heterocycles. The maximum atomic E-state index is 13.0. The summed E-state index contributed by atoms with van der Waals surface area (Å²) in [6, 6.07) is 16.0. The Morgan fingerprint density at radius 2 is 1.55 bits per heavy atom. The van der Waals surface area contributed by atoms with Crippen LogP contribution in [0.1, 0.15) is 67.0 Å². The number of hydrogen-bond acceptors (Lipinski definition) is 4. The number of hydrogen-bond donors (Lipinski definition) is 1. The number of piperidine rings is 1. The number of aliphatic hydroxyl groups is 1. The number of likely N-dealkylation sites (tertiary alicyclic amines) is 1. The Morgan fingerprint density at radius 1 is 0.939 bits per heavy atom. The van der Waals surface area contributed by atoms with Crippen molar-refractivity contribution in [3.8, 4) is 0 Å². The molecule has 1 N–H and O–H groups in total. The molecule has 2 aromatic rings. The molecule has 0 spiro atoms. The molecule has 0 bridgehead atoms. The van der Waals surface area contributed by atoms with Crippen LogP contribution in [0.2, 0.25) is 0 Å². The van der Waals surface area contributed by atoms with Crippen LogP contribution in [0.15, 0.2) is 59.5 Å². The van der Waals surface area contributed by atoms with Crippen LogP contribution in [0.5, 0.6) is 0 Å². The first kappa shape index (κ1) is 23.9. The van der Waals surface area contributed by atoms with E-state index in [9.17, 15) is 18.3 Å². The smallest absolute Gasteiger partial charge is 0.253 e. The van der Waals surface area contributed by atoms with Crippen molar-refractivity contribution >= 4 is 15.9 Å². The Bertz CT molecular complexity index is 1030. The quantitative estimate of drug-likeness (QED) is 0.686. The fraction of sp³-hybridized carbons (Fsp3) is 0.500. The van der Waals surface area contributed by atoms with Crippen LogP contribution in [-0.4, -0.2) is 54.8 Å². The van der Waals surface area contributed by atoms with Gasteiger partial charge in [-0.2, -0.15) is 4.31 Å². The monoisotopic (exact) mass is 470 g/mol. The summed E-state index contributed by atoms with van der Waals surface area (Å²) < 4.78 is 27.6. The van der Waals surface area contributed by atoms with Gasteiger partial charge in [-0.25, -0.2) is 8.42 Å². The summed E-state index contributed by atoms with van der Waals surface area (Å²) in [4.78, 5) is 15.0. The van der Waals surface area contributed by atoms with E-state index in [4.69, 9.17) is 0 Å². The number of aliphatic hydroxyl groups excluding tert-OH is 1. The van der Waals surface area contributed by atoms with Crippen molar-refractivity contribution in [3.63, 3.8) is 0 Å². The van der Waals surface area contributed by atoms with Gasteiger partial charge in [-0.15, -0.1) is 0 Å². The van der Waals surface area contributed by atoms with Crippen molar-refractivity contribution in [2.24, 2.45) is 5.92 Å². The van der Waals surface area contributed by atoms with Gasteiger partial charge in [0.25, 0.3) is 5.91 Å². The molecule has 2 aromatic carbocycles. The summed E-state index contributed by atoms with van der Waals surface area (Å²) in [6.07, 6.45) is 6.07. The number of amides is 1. The number of rotatable bonds is 6. The molecule has 178 valence electrons. The van der Waals surface area contributed by atoms with Crippen molar-refractivity contribution in [1.82, 2.24) is 9.21 Å². The lowest BCUT2D eigenvalue weighted by Gasteiger charge is -2.34. The fourth-order valence-electron chi connectivity index (χ4n) is 5.10. The van der Waals surface area contributed by atoms with Crippen LogP contribution in [0.3, 0.4) is 0 Å². The minimum atomic E-state index is -3.57. The molecule has 1 unspecified atom stereocenters. The van der Waals surface area contributed by atoms with Gasteiger partial charge in [-0.1, -0.05) is 49.6 Å². The Hall–Kier alpha value is -2.22. The van der Waals surface area contributed by atoms with E-state index in [0.717, 1.165) is 44.1 Å². The topological polar surface area (TPSA) is 77.9 Å². The SMILES string of the molecule is CN(C1CCCCC1)S(=O)(=O)c1ccc(C(=O)N2CCC(C(O)c3ccccc3)CC2)cc1. The highest BCUT2D eigenvalue weighted by Gasteiger charge is 2.31. The maximum Gasteiger partial charge on any atom is 0.253 e. The Balaban J connectivity index is 1.37.